The number of benzene rings is 1. The van der Waals surface area contributed by atoms with E-state index in [0.29, 0.717) is 12.1 Å². The number of amides is 1. The summed E-state index contributed by atoms with van der Waals surface area (Å²) < 4.78 is 49.1. The predicted molar refractivity (Wildman–Crippen MR) is 47.6 cm³/mol. The molecule has 0 aliphatic carbocycles. The SMILES string of the molecule is NC(=O)c1ccc(C(F)(F)F)c(Br)c1F. The van der Waals surface area contributed by atoms with Crippen LogP contribution >= 0.6 is 15.9 Å². The minimum Gasteiger partial charge on any atom is -0.366 e. The molecular formula is C8H4BrF4NO. The van der Waals surface area contributed by atoms with Crippen molar-refractivity contribution < 1.29 is 22.4 Å². The molecule has 0 fully saturated rings. The topological polar surface area (TPSA) is 43.1 Å². The maximum atomic E-state index is 13.2. The molecule has 82 valence electrons. The molecule has 1 rings (SSSR count). The molecule has 15 heavy (non-hydrogen) atoms. The van der Waals surface area contributed by atoms with Crippen molar-refractivity contribution in [2.24, 2.45) is 5.73 Å². The van der Waals surface area contributed by atoms with Gasteiger partial charge in [-0.3, -0.25) is 4.79 Å². The summed E-state index contributed by atoms with van der Waals surface area (Å²) in [7, 11) is 0. The van der Waals surface area contributed by atoms with Crippen LogP contribution in [0.1, 0.15) is 15.9 Å². The van der Waals surface area contributed by atoms with Crippen molar-refractivity contribution in [2.45, 2.75) is 6.18 Å². The van der Waals surface area contributed by atoms with Gasteiger partial charge < -0.3 is 5.73 Å². The van der Waals surface area contributed by atoms with Crippen LogP contribution < -0.4 is 5.73 Å². The monoisotopic (exact) mass is 285 g/mol. The van der Waals surface area contributed by atoms with E-state index in [1.54, 1.807) is 0 Å². The van der Waals surface area contributed by atoms with Gasteiger partial charge in [-0.05, 0) is 28.1 Å². The third-order valence-corrected chi connectivity index (χ3v) is 2.43. The standard InChI is InChI=1S/C8H4BrF4NO/c9-5-4(8(11,12)13)2-1-3(6(5)10)7(14)15/h1-2H,(H2,14,15). The number of hydrogen-bond acceptors (Lipinski definition) is 1. The maximum absolute atomic E-state index is 13.2. The largest absolute Gasteiger partial charge is 0.417 e. The van der Waals surface area contributed by atoms with E-state index >= 15 is 0 Å². The molecule has 0 saturated heterocycles. The van der Waals surface area contributed by atoms with Gasteiger partial charge in [-0.15, -0.1) is 0 Å². The van der Waals surface area contributed by atoms with Crippen molar-refractivity contribution in [3.05, 3.63) is 33.5 Å². The van der Waals surface area contributed by atoms with Crippen LogP contribution in [0, 0.1) is 5.82 Å². The van der Waals surface area contributed by atoms with Gasteiger partial charge in [0.2, 0.25) is 0 Å². The van der Waals surface area contributed by atoms with Crippen molar-refractivity contribution in [3.8, 4) is 0 Å². The molecule has 0 bridgehead atoms. The number of alkyl halides is 3. The molecule has 2 N–H and O–H groups in total. The number of halogens is 5. The smallest absolute Gasteiger partial charge is 0.366 e. The molecule has 0 heterocycles. The zero-order valence-corrected chi connectivity index (χ0v) is 8.62. The highest BCUT2D eigenvalue weighted by atomic mass is 79.9. The van der Waals surface area contributed by atoms with Crippen LogP contribution in [0.4, 0.5) is 17.6 Å². The highest BCUT2D eigenvalue weighted by Crippen LogP contribution is 2.36. The first kappa shape index (κ1) is 12.0. The molecular weight excluding hydrogens is 282 g/mol. The van der Waals surface area contributed by atoms with Gasteiger partial charge in [-0.2, -0.15) is 13.2 Å². The van der Waals surface area contributed by atoms with Gasteiger partial charge in [-0.25, -0.2) is 4.39 Å². The zero-order valence-electron chi connectivity index (χ0n) is 7.03. The molecule has 1 amide bonds. The van der Waals surface area contributed by atoms with E-state index in [-0.39, 0.29) is 0 Å². The van der Waals surface area contributed by atoms with Crippen LogP contribution in [0.15, 0.2) is 16.6 Å². The fraction of sp³-hybridized carbons (Fsp3) is 0.125. The summed E-state index contributed by atoms with van der Waals surface area (Å²) in [6.07, 6.45) is -4.68. The van der Waals surface area contributed by atoms with Gasteiger partial charge >= 0.3 is 6.18 Å². The Hall–Kier alpha value is -1.11. The van der Waals surface area contributed by atoms with Gasteiger partial charge in [0, 0.05) is 0 Å². The Morgan fingerprint density at radius 3 is 2.27 bits per heavy atom. The first-order valence-corrected chi connectivity index (χ1v) is 4.39. The lowest BCUT2D eigenvalue weighted by molar-refractivity contribution is -0.138. The Kier molecular flexibility index (Phi) is 3.03. The average Bonchev–Trinajstić information content (AvgIpc) is 2.06. The molecule has 0 atom stereocenters. The summed E-state index contributed by atoms with van der Waals surface area (Å²) in [5, 5.41) is 0. The van der Waals surface area contributed by atoms with Crippen LogP contribution in [-0.2, 0) is 6.18 Å². The van der Waals surface area contributed by atoms with Crippen molar-refractivity contribution >= 4 is 21.8 Å². The van der Waals surface area contributed by atoms with Gasteiger partial charge in [-0.1, -0.05) is 0 Å². The quantitative estimate of drug-likeness (QED) is 0.792. The second-order valence-corrected chi connectivity index (χ2v) is 3.44. The Labute approximate surface area is 90.2 Å². The lowest BCUT2D eigenvalue weighted by Crippen LogP contribution is -2.15. The summed E-state index contributed by atoms with van der Waals surface area (Å²) >= 11 is 2.43. The van der Waals surface area contributed by atoms with Gasteiger partial charge in [0.15, 0.2) is 5.82 Å². The van der Waals surface area contributed by atoms with Crippen molar-refractivity contribution in [3.63, 3.8) is 0 Å². The lowest BCUT2D eigenvalue weighted by atomic mass is 10.1. The third kappa shape index (κ3) is 2.28. The van der Waals surface area contributed by atoms with E-state index in [9.17, 15) is 22.4 Å². The Balaban J connectivity index is 3.41. The molecule has 0 saturated carbocycles. The summed E-state index contributed by atoms with van der Waals surface area (Å²) in [5.74, 6) is -2.43. The first-order valence-electron chi connectivity index (χ1n) is 3.60. The molecule has 1 aromatic rings. The first-order chi connectivity index (χ1) is 6.75. The molecule has 7 heteroatoms. The Morgan fingerprint density at radius 2 is 1.87 bits per heavy atom. The third-order valence-electron chi connectivity index (χ3n) is 1.65. The Morgan fingerprint density at radius 1 is 1.33 bits per heavy atom. The number of hydrogen-bond donors (Lipinski definition) is 1. The number of carbonyl (C=O) groups is 1. The second-order valence-electron chi connectivity index (χ2n) is 2.65. The highest BCUT2D eigenvalue weighted by molar-refractivity contribution is 9.10. The highest BCUT2D eigenvalue weighted by Gasteiger charge is 2.35. The van der Waals surface area contributed by atoms with Crippen LogP contribution in [-0.4, -0.2) is 5.91 Å². The molecule has 0 unspecified atom stereocenters. The molecule has 0 radical (unpaired) electrons. The molecule has 2 nitrogen and oxygen atoms in total. The second kappa shape index (κ2) is 3.80. The van der Waals surface area contributed by atoms with E-state index in [4.69, 9.17) is 5.73 Å². The number of nitrogens with two attached hydrogens (primary N) is 1. The summed E-state index contributed by atoms with van der Waals surface area (Å²) in [4.78, 5) is 10.6. The van der Waals surface area contributed by atoms with E-state index in [1.165, 1.54) is 0 Å². The zero-order chi connectivity index (χ0) is 11.8. The van der Waals surface area contributed by atoms with Gasteiger partial charge in [0.25, 0.3) is 5.91 Å². The molecule has 0 aliphatic heterocycles. The lowest BCUT2D eigenvalue weighted by Gasteiger charge is -2.10. The summed E-state index contributed by atoms with van der Waals surface area (Å²) in [6, 6.07) is 1.29. The minimum absolute atomic E-state index is 0.588. The average molecular weight is 286 g/mol. The van der Waals surface area contributed by atoms with Crippen molar-refractivity contribution in [1.29, 1.82) is 0 Å². The fourth-order valence-corrected chi connectivity index (χ4v) is 1.53. The van der Waals surface area contributed by atoms with Crippen molar-refractivity contribution in [1.82, 2.24) is 0 Å². The van der Waals surface area contributed by atoms with E-state index in [1.807, 2.05) is 0 Å². The number of primary amides is 1. The fourth-order valence-electron chi connectivity index (χ4n) is 0.959. The van der Waals surface area contributed by atoms with Gasteiger partial charge in [0.05, 0.1) is 15.6 Å². The molecule has 1 aromatic carbocycles. The van der Waals surface area contributed by atoms with E-state index in [0.717, 1.165) is 0 Å². The molecule has 0 aliphatic rings. The van der Waals surface area contributed by atoms with E-state index in [2.05, 4.69) is 15.9 Å². The number of rotatable bonds is 1. The van der Waals surface area contributed by atoms with E-state index < -0.39 is 33.5 Å². The van der Waals surface area contributed by atoms with Crippen LogP contribution in [0.2, 0.25) is 0 Å². The summed E-state index contributed by atoms with van der Waals surface area (Å²) in [5.41, 5.74) is 2.98. The molecule has 0 aromatic heterocycles. The normalized spacial score (nSPS) is 11.5. The van der Waals surface area contributed by atoms with Crippen LogP contribution in [0.3, 0.4) is 0 Å². The van der Waals surface area contributed by atoms with Crippen LogP contribution in [0.5, 0.6) is 0 Å². The Bertz CT molecular complexity index is 416. The summed E-state index contributed by atoms with van der Waals surface area (Å²) in [6.45, 7) is 0. The minimum atomic E-state index is -4.68. The number of carbonyl (C=O) groups excluding carboxylic acids is 1. The maximum Gasteiger partial charge on any atom is 0.417 e. The van der Waals surface area contributed by atoms with Crippen molar-refractivity contribution in [2.75, 3.05) is 0 Å². The van der Waals surface area contributed by atoms with Crippen LogP contribution in [0.25, 0.3) is 0 Å². The predicted octanol–water partition coefficient (Wildman–Crippen LogP) is 2.71. The van der Waals surface area contributed by atoms with Gasteiger partial charge in [0.1, 0.15) is 0 Å². The molecule has 0 spiro atoms.